The van der Waals surface area contributed by atoms with Gasteiger partial charge in [0.2, 0.25) is 11.8 Å². The summed E-state index contributed by atoms with van der Waals surface area (Å²) < 4.78 is 5.60. The summed E-state index contributed by atoms with van der Waals surface area (Å²) in [6, 6.07) is 2.37. The van der Waals surface area contributed by atoms with E-state index in [9.17, 15) is 0 Å². The van der Waals surface area contributed by atoms with Crippen molar-refractivity contribution in [3.63, 3.8) is 0 Å². The number of aromatic nitrogens is 2. The minimum atomic E-state index is 0.475. The lowest BCUT2D eigenvalue weighted by molar-refractivity contribution is 0.304. The van der Waals surface area contributed by atoms with Crippen LogP contribution in [0.5, 0.6) is 5.88 Å². The Morgan fingerprint density at radius 2 is 2.33 bits per heavy atom. The van der Waals surface area contributed by atoms with E-state index in [0.29, 0.717) is 18.5 Å². The van der Waals surface area contributed by atoms with E-state index in [1.807, 2.05) is 13.0 Å². The van der Waals surface area contributed by atoms with E-state index < -0.39 is 0 Å². The second-order valence-electron chi connectivity index (χ2n) is 4.80. The van der Waals surface area contributed by atoms with Crippen LogP contribution in [0, 0.1) is 6.92 Å². The molecule has 5 heteroatoms. The van der Waals surface area contributed by atoms with Crippen LogP contribution in [0.25, 0.3) is 0 Å². The number of ether oxygens (including phenoxy) is 1. The van der Waals surface area contributed by atoms with Crippen LogP contribution in [-0.4, -0.2) is 42.3 Å². The fourth-order valence-corrected chi connectivity index (χ4v) is 2.06. The molecule has 1 N–H and O–H groups in total. The Labute approximate surface area is 109 Å². The lowest BCUT2D eigenvalue weighted by Crippen LogP contribution is -2.49. The van der Waals surface area contributed by atoms with Gasteiger partial charge < -0.3 is 15.0 Å². The van der Waals surface area contributed by atoms with Gasteiger partial charge in [0.05, 0.1) is 6.61 Å². The molecule has 5 nitrogen and oxygen atoms in total. The number of aryl methyl sites for hydroxylation is 1. The molecule has 1 aromatic rings. The molecule has 0 amide bonds. The first-order valence-corrected chi connectivity index (χ1v) is 6.66. The summed E-state index contributed by atoms with van der Waals surface area (Å²) in [5.74, 6) is 1.47. The van der Waals surface area contributed by atoms with Crippen LogP contribution >= 0.6 is 0 Å². The van der Waals surface area contributed by atoms with E-state index in [-0.39, 0.29) is 0 Å². The maximum Gasteiger partial charge on any atom is 0.228 e. The van der Waals surface area contributed by atoms with E-state index in [1.54, 1.807) is 0 Å². The zero-order chi connectivity index (χ0) is 13.0. The summed E-state index contributed by atoms with van der Waals surface area (Å²) in [5.41, 5.74) is 0.956. The summed E-state index contributed by atoms with van der Waals surface area (Å²) in [7, 11) is 0. The van der Waals surface area contributed by atoms with Gasteiger partial charge in [-0.3, -0.25) is 0 Å². The minimum absolute atomic E-state index is 0.475. The lowest BCUT2D eigenvalue weighted by Gasteiger charge is -2.32. The van der Waals surface area contributed by atoms with Crippen LogP contribution in [0.3, 0.4) is 0 Å². The third kappa shape index (κ3) is 3.32. The fourth-order valence-electron chi connectivity index (χ4n) is 2.06. The Kier molecular flexibility index (Phi) is 4.36. The molecule has 1 aliphatic rings. The molecule has 0 saturated carbocycles. The summed E-state index contributed by atoms with van der Waals surface area (Å²) in [6.07, 6.45) is 0.989. The van der Waals surface area contributed by atoms with Crippen molar-refractivity contribution in [1.82, 2.24) is 15.3 Å². The monoisotopic (exact) mass is 250 g/mol. The number of anilines is 1. The molecule has 1 fully saturated rings. The molecular formula is C13H22N4O. The van der Waals surface area contributed by atoms with Gasteiger partial charge in [-0.1, -0.05) is 6.92 Å². The van der Waals surface area contributed by atoms with Gasteiger partial charge in [0.1, 0.15) is 0 Å². The molecule has 2 heterocycles. The standard InChI is InChI=1S/C13H22N4O/c1-4-7-18-12-8-10(2)15-13(16-12)17-6-5-14-11(3)9-17/h8,11,14H,4-7,9H2,1-3H3. The third-order valence-electron chi connectivity index (χ3n) is 2.92. The van der Waals surface area contributed by atoms with Gasteiger partial charge in [-0.15, -0.1) is 0 Å². The van der Waals surface area contributed by atoms with Crippen molar-refractivity contribution in [2.75, 3.05) is 31.1 Å². The SMILES string of the molecule is CCCOc1cc(C)nc(N2CCNC(C)C2)n1. The van der Waals surface area contributed by atoms with Crippen LogP contribution in [0.4, 0.5) is 5.95 Å². The van der Waals surface area contributed by atoms with E-state index in [4.69, 9.17) is 4.74 Å². The van der Waals surface area contributed by atoms with Crippen molar-refractivity contribution in [3.8, 4) is 5.88 Å². The van der Waals surface area contributed by atoms with Gasteiger partial charge in [0.25, 0.3) is 0 Å². The topological polar surface area (TPSA) is 50.3 Å². The van der Waals surface area contributed by atoms with E-state index >= 15 is 0 Å². The van der Waals surface area contributed by atoms with Gasteiger partial charge in [0.15, 0.2) is 0 Å². The van der Waals surface area contributed by atoms with Gasteiger partial charge in [-0.2, -0.15) is 4.98 Å². The number of piperazine rings is 1. The van der Waals surface area contributed by atoms with Gasteiger partial charge in [0, 0.05) is 37.4 Å². The Balaban J connectivity index is 2.13. The molecule has 1 saturated heterocycles. The zero-order valence-electron chi connectivity index (χ0n) is 11.4. The highest BCUT2D eigenvalue weighted by atomic mass is 16.5. The van der Waals surface area contributed by atoms with Crippen LogP contribution in [0.2, 0.25) is 0 Å². The number of nitrogens with one attached hydrogen (secondary N) is 1. The predicted molar refractivity (Wildman–Crippen MR) is 72.2 cm³/mol. The summed E-state index contributed by atoms with van der Waals surface area (Å²) in [6.45, 7) is 9.81. The molecule has 0 bridgehead atoms. The molecule has 18 heavy (non-hydrogen) atoms. The number of rotatable bonds is 4. The molecule has 100 valence electrons. The Bertz CT molecular complexity index is 397. The van der Waals surface area contributed by atoms with Gasteiger partial charge in [-0.05, 0) is 20.3 Å². The molecule has 1 atom stereocenters. The quantitative estimate of drug-likeness (QED) is 0.874. The lowest BCUT2D eigenvalue weighted by atomic mass is 10.2. The number of hydrogen-bond donors (Lipinski definition) is 1. The Morgan fingerprint density at radius 3 is 3.06 bits per heavy atom. The number of hydrogen-bond acceptors (Lipinski definition) is 5. The smallest absolute Gasteiger partial charge is 0.228 e. The van der Waals surface area contributed by atoms with Crippen molar-refractivity contribution >= 4 is 5.95 Å². The molecule has 0 aliphatic carbocycles. The Morgan fingerprint density at radius 1 is 1.50 bits per heavy atom. The van der Waals surface area contributed by atoms with Crippen molar-refractivity contribution in [2.45, 2.75) is 33.2 Å². The first-order chi connectivity index (χ1) is 8.69. The molecule has 0 aromatic carbocycles. The van der Waals surface area contributed by atoms with Crippen LogP contribution in [-0.2, 0) is 0 Å². The maximum atomic E-state index is 5.60. The first-order valence-electron chi connectivity index (χ1n) is 6.66. The highest BCUT2D eigenvalue weighted by Crippen LogP contribution is 2.16. The summed E-state index contributed by atoms with van der Waals surface area (Å²) in [4.78, 5) is 11.2. The molecule has 1 aliphatic heterocycles. The minimum Gasteiger partial charge on any atom is -0.478 e. The fraction of sp³-hybridized carbons (Fsp3) is 0.692. The van der Waals surface area contributed by atoms with Crippen molar-refractivity contribution < 1.29 is 4.74 Å². The molecule has 2 rings (SSSR count). The van der Waals surface area contributed by atoms with Crippen LogP contribution < -0.4 is 15.0 Å². The van der Waals surface area contributed by atoms with Gasteiger partial charge in [-0.25, -0.2) is 4.98 Å². The first kappa shape index (κ1) is 13.1. The highest BCUT2D eigenvalue weighted by Gasteiger charge is 2.18. The van der Waals surface area contributed by atoms with Crippen molar-refractivity contribution in [2.24, 2.45) is 0 Å². The summed E-state index contributed by atoms with van der Waals surface area (Å²) >= 11 is 0. The molecule has 1 unspecified atom stereocenters. The molecule has 0 spiro atoms. The largest absolute Gasteiger partial charge is 0.478 e. The average Bonchev–Trinajstić information content (AvgIpc) is 2.36. The maximum absolute atomic E-state index is 5.60. The molecular weight excluding hydrogens is 228 g/mol. The molecule has 1 aromatic heterocycles. The second kappa shape index (κ2) is 6.00. The normalized spacial score (nSPS) is 19.9. The van der Waals surface area contributed by atoms with Crippen LogP contribution in [0.15, 0.2) is 6.07 Å². The highest BCUT2D eigenvalue weighted by molar-refractivity contribution is 5.35. The molecule has 0 radical (unpaired) electrons. The van der Waals surface area contributed by atoms with Crippen molar-refractivity contribution in [3.05, 3.63) is 11.8 Å². The predicted octanol–water partition coefficient (Wildman–Crippen LogP) is 1.37. The van der Waals surface area contributed by atoms with Crippen molar-refractivity contribution in [1.29, 1.82) is 0 Å². The van der Waals surface area contributed by atoms with Crippen LogP contribution in [0.1, 0.15) is 26.0 Å². The number of nitrogens with zero attached hydrogens (tertiary/aromatic N) is 3. The Hall–Kier alpha value is -1.36. The second-order valence-corrected chi connectivity index (χ2v) is 4.80. The van der Waals surface area contributed by atoms with E-state index in [2.05, 4.69) is 34.0 Å². The van der Waals surface area contributed by atoms with Gasteiger partial charge >= 0.3 is 0 Å². The zero-order valence-corrected chi connectivity index (χ0v) is 11.4. The van der Waals surface area contributed by atoms with E-state index in [0.717, 1.165) is 37.7 Å². The average molecular weight is 250 g/mol. The summed E-state index contributed by atoms with van der Waals surface area (Å²) in [5, 5.41) is 3.42. The van der Waals surface area contributed by atoms with E-state index in [1.165, 1.54) is 0 Å². The third-order valence-corrected chi connectivity index (χ3v) is 2.92.